The van der Waals surface area contributed by atoms with Crippen LogP contribution < -0.4 is 10.6 Å². The minimum atomic E-state index is 0.0958. The lowest BCUT2D eigenvalue weighted by molar-refractivity contribution is -0.120. The minimum Gasteiger partial charge on any atom is -0.353 e. The number of hydrogen-bond donors (Lipinski definition) is 2. The van der Waals surface area contributed by atoms with Gasteiger partial charge in [0.25, 0.3) is 0 Å². The summed E-state index contributed by atoms with van der Waals surface area (Å²) in [5, 5.41) is 6.22. The van der Waals surface area contributed by atoms with Crippen LogP contribution in [0.25, 0.3) is 0 Å². The molecule has 5 nitrogen and oxygen atoms in total. The number of rotatable bonds is 7. The fourth-order valence-electron chi connectivity index (χ4n) is 2.52. The second-order valence-electron chi connectivity index (χ2n) is 6.49. The molecule has 118 valence electrons. The SMILES string of the molecule is CC(C)NCC(=O)NCC(C(C)C)N1CCN(C)CC1. The van der Waals surface area contributed by atoms with Gasteiger partial charge in [-0.15, -0.1) is 0 Å². The third kappa shape index (κ3) is 6.20. The highest BCUT2D eigenvalue weighted by Crippen LogP contribution is 2.12. The second kappa shape index (κ2) is 8.60. The van der Waals surface area contributed by atoms with Crippen LogP contribution >= 0.6 is 0 Å². The number of piperazine rings is 1. The van der Waals surface area contributed by atoms with Crippen molar-refractivity contribution in [3.63, 3.8) is 0 Å². The molecule has 2 N–H and O–H groups in total. The van der Waals surface area contributed by atoms with E-state index in [0.717, 1.165) is 32.7 Å². The molecule has 1 rings (SSSR count). The number of hydrogen-bond acceptors (Lipinski definition) is 4. The maximum absolute atomic E-state index is 11.8. The van der Waals surface area contributed by atoms with Crippen molar-refractivity contribution in [2.75, 3.05) is 46.3 Å². The van der Waals surface area contributed by atoms with Crippen LogP contribution in [-0.4, -0.2) is 74.1 Å². The fourth-order valence-corrected chi connectivity index (χ4v) is 2.52. The summed E-state index contributed by atoms with van der Waals surface area (Å²) < 4.78 is 0. The van der Waals surface area contributed by atoms with Crippen molar-refractivity contribution >= 4 is 5.91 Å². The molecule has 1 amide bonds. The summed E-state index contributed by atoms with van der Waals surface area (Å²) in [7, 11) is 2.17. The second-order valence-corrected chi connectivity index (χ2v) is 6.49. The Balaban J connectivity index is 2.37. The largest absolute Gasteiger partial charge is 0.353 e. The summed E-state index contributed by atoms with van der Waals surface area (Å²) >= 11 is 0. The van der Waals surface area contributed by atoms with Crippen LogP contribution in [0.3, 0.4) is 0 Å². The first-order chi connectivity index (χ1) is 9.40. The van der Waals surface area contributed by atoms with Crippen LogP contribution in [0.1, 0.15) is 27.7 Å². The zero-order valence-electron chi connectivity index (χ0n) is 13.8. The van der Waals surface area contributed by atoms with Gasteiger partial charge in [0, 0.05) is 44.8 Å². The average molecular weight is 284 g/mol. The molecule has 0 spiro atoms. The molecule has 1 fully saturated rings. The molecule has 0 bridgehead atoms. The van der Waals surface area contributed by atoms with Crippen LogP contribution in [0.2, 0.25) is 0 Å². The summed E-state index contributed by atoms with van der Waals surface area (Å²) in [5.74, 6) is 0.648. The van der Waals surface area contributed by atoms with Crippen LogP contribution in [0.15, 0.2) is 0 Å². The van der Waals surface area contributed by atoms with E-state index in [1.807, 2.05) is 0 Å². The van der Waals surface area contributed by atoms with Gasteiger partial charge in [-0.2, -0.15) is 0 Å². The van der Waals surface area contributed by atoms with Crippen molar-refractivity contribution in [1.29, 1.82) is 0 Å². The predicted octanol–water partition coefficient (Wildman–Crippen LogP) is 0.373. The number of likely N-dealkylation sites (N-methyl/N-ethyl adjacent to an activating group) is 1. The van der Waals surface area contributed by atoms with Gasteiger partial charge in [-0.3, -0.25) is 9.69 Å². The minimum absolute atomic E-state index is 0.0958. The van der Waals surface area contributed by atoms with E-state index in [0.29, 0.717) is 24.5 Å². The highest BCUT2D eigenvalue weighted by Gasteiger charge is 2.25. The van der Waals surface area contributed by atoms with Crippen molar-refractivity contribution in [3.05, 3.63) is 0 Å². The Labute approximate surface area is 124 Å². The molecule has 0 saturated carbocycles. The molecule has 1 heterocycles. The first-order valence-electron chi connectivity index (χ1n) is 7.82. The highest BCUT2D eigenvalue weighted by atomic mass is 16.1. The van der Waals surface area contributed by atoms with Gasteiger partial charge >= 0.3 is 0 Å². The lowest BCUT2D eigenvalue weighted by Gasteiger charge is -2.39. The van der Waals surface area contributed by atoms with Crippen molar-refractivity contribution in [1.82, 2.24) is 20.4 Å². The van der Waals surface area contributed by atoms with Gasteiger partial charge in [0.15, 0.2) is 0 Å². The Morgan fingerprint density at radius 1 is 1.10 bits per heavy atom. The van der Waals surface area contributed by atoms with Gasteiger partial charge < -0.3 is 15.5 Å². The maximum atomic E-state index is 11.8. The quantitative estimate of drug-likeness (QED) is 0.709. The topological polar surface area (TPSA) is 47.6 Å². The van der Waals surface area contributed by atoms with E-state index < -0.39 is 0 Å². The molecule has 0 aromatic heterocycles. The van der Waals surface area contributed by atoms with Gasteiger partial charge in [0.1, 0.15) is 0 Å². The first kappa shape index (κ1) is 17.4. The van der Waals surface area contributed by atoms with E-state index in [9.17, 15) is 4.79 Å². The summed E-state index contributed by atoms with van der Waals surface area (Å²) in [6.07, 6.45) is 0. The Morgan fingerprint density at radius 3 is 2.20 bits per heavy atom. The van der Waals surface area contributed by atoms with Crippen molar-refractivity contribution in [2.24, 2.45) is 5.92 Å². The van der Waals surface area contributed by atoms with E-state index in [1.165, 1.54) is 0 Å². The van der Waals surface area contributed by atoms with Crippen LogP contribution in [-0.2, 0) is 4.79 Å². The van der Waals surface area contributed by atoms with E-state index in [1.54, 1.807) is 0 Å². The molecule has 0 radical (unpaired) electrons. The zero-order chi connectivity index (χ0) is 15.1. The monoisotopic (exact) mass is 284 g/mol. The van der Waals surface area contributed by atoms with Crippen LogP contribution in [0, 0.1) is 5.92 Å². The summed E-state index contributed by atoms with van der Waals surface area (Å²) in [4.78, 5) is 16.7. The van der Waals surface area contributed by atoms with E-state index in [4.69, 9.17) is 0 Å². The Hall–Kier alpha value is -0.650. The molecule has 5 heteroatoms. The zero-order valence-corrected chi connectivity index (χ0v) is 13.8. The molecule has 1 unspecified atom stereocenters. The Morgan fingerprint density at radius 2 is 1.70 bits per heavy atom. The molecular weight excluding hydrogens is 252 g/mol. The van der Waals surface area contributed by atoms with Crippen LogP contribution in [0.5, 0.6) is 0 Å². The number of carbonyl (C=O) groups is 1. The summed E-state index contributed by atoms with van der Waals surface area (Å²) in [6.45, 7) is 14.2. The predicted molar refractivity (Wildman–Crippen MR) is 83.8 cm³/mol. The lowest BCUT2D eigenvalue weighted by Crippen LogP contribution is -2.54. The molecule has 1 saturated heterocycles. The standard InChI is InChI=1S/C15H32N4O/c1-12(2)14(19-8-6-18(5)7-9-19)10-17-15(20)11-16-13(3)4/h12-14,16H,6-11H2,1-5H3,(H,17,20). The summed E-state index contributed by atoms with van der Waals surface area (Å²) in [5.41, 5.74) is 0. The van der Waals surface area contributed by atoms with E-state index >= 15 is 0 Å². The van der Waals surface area contributed by atoms with Crippen molar-refractivity contribution < 1.29 is 4.79 Å². The van der Waals surface area contributed by atoms with Crippen LogP contribution in [0.4, 0.5) is 0 Å². The fraction of sp³-hybridized carbons (Fsp3) is 0.933. The Kier molecular flexibility index (Phi) is 7.48. The maximum Gasteiger partial charge on any atom is 0.234 e. The molecule has 1 aliphatic heterocycles. The van der Waals surface area contributed by atoms with E-state index in [2.05, 4.69) is 55.2 Å². The third-order valence-electron chi connectivity index (χ3n) is 3.96. The lowest BCUT2D eigenvalue weighted by atomic mass is 10.0. The van der Waals surface area contributed by atoms with Gasteiger partial charge in [0.05, 0.1) is 6.54 Å². The molecule has 1 atom stereocenters. The first-order valence-corrected chi connectivity index (χ1v) is 7.82. The van der Waals surface area contributed by atoms with Crippen molar-refractivity contribution in [2.45, 2.75) is 39.8 Å². The smallest absolute Gasteiger partial charge is 0.234 e. The normalized spacial score (nSPS) is 19.6. The molecule has 1 aliphatic rings. The summed E-state index contributed by atoms with van der Waals surface area (Å²) in [6, 6.07) is 0.783. The molecule has 0 aromatic rings. The molecule has 20 heavy (non-hydrogen) atoms. The number of nitrogens with one attached hydrogen (secondary N) is 2. The average Bonchev–Trinajstić information content (AvgIpc) is 2.38. The number of amides is 1. The van der Waals surface area contributed by atoms with Crippen molar-refractivity contribution in [3.8, 4) is 0 Å². The molecular formula is C15H32N4O. The third-order valence-corrected chi connectivity index (χ3v) is 3.96. The van der Waals surface area contributed by atoms with Gasteiger partial charge in [-0.25, -0.2) is 0 Å². The van der Waals surface area contributed by atoms with E-state index in [-0.39, 0.29) is 5.91 Å². The molecule has 0 aliphatic carbocycles. The molecule has 0 aromatic carbocycles. The highest BCUT2D eigenvalue weighted by molar-refractivity contribution is 5.78. The van der Waals surface area contributed by atoms with Gasteiger partial charge in [-0.05, 0) is 13.0 Å². The number of nitrogens with zero attached hydrogens (tertiary/aromatic N) is 2. The van der Waals surface area contributed by atoms with Gasteiger partial charge in [-0.1, -0.05) is 27.7 Å². The van der Waals surface area contributed by atoms with Gasteiger partial charge in [0.2, 0.25) is 5.91 Å². The Bertz CT molecular complexity index is 286. The number of carbonyl (C=O) groups excluding carboxylic acids is 1.